The maximum atomic E-state index is 12.7. The number of amides is 1. The number of rotatable bonds is 13. The molecule has 7 nitrogen and oxygen atoms in total. The van der Waals surface area contributed by atoms with Crippen molar-refractivity contribution in [3.05, 3.63) is 74.7 Å². The van der Waals surface area contributed by atoms with Gasteiger partial charge in [-0.1, -0.05) is 36.2 Å². The molecule has 1 N–H and O–H groups in total. The molecule has 1 aliphatic heterocycles. The second-order valence-corrected chi connectivity index (χ2v) is 10.9. The fourth-order valence-corrected chi connectivity index (χ4v) is 5.61. The molecule has 38 heavy (non-hydrogen) atoms. The highest BCUT2D eigenvalue weighted by molar-refractivity contribution is 7.09. The molecule has 1 fully saturated rings. The van der Waals surface area contributed by atoms with E-state index in [1.54, 1.807) is 14.2 Å². The molecule has 2 aromatic carbocycles. The summed E-state index contributed by atoms with van der Waals surface area (Å²) in [7, 11) is 3.29. The van der Waals surface area contributed by atoms with Crippen LogP contribution in [0.3, 0.4) is 0 Å². The number of hydrogen-bond acceptors (Lipinski definition) is 7. The van der Waals surface area contributed by atoms with Crippen LogP contribution in [0.1, 0.15) is 45.9 Å². The molecular formula is C29H37ClN4O3S. The van der Waals surface area contributed by atoms with E-state index in [1.165, 1.54) is 36.2 Å². The molecule has 2 heterocycles. The van der Waals surface area contributed by atoms with E-state index in [0.717, 1.165) is 66.2 Å². The van der Waals surface area contributed by atoms with Gasteiger partial charge < -0.3 is 19.7 Å². The third-order valence-corrected chi connectivity index (χ3v) is 7.88. The highest BCUT2D eigenvalue weighted by atomic mass is 35.5. The van der Waals surface area contributed by atoms with Crippen molar-refractivity contribution in [3.8, 4) is 11.5 Å². The minimum absolute atomic E-state index is 0.0981. The number of piperidine rings is 1. The summed E-state index contributed by atoms with van der Waals surface area (Å²) in [6.07, 6.45) is 4.65. The van der Waals surface area contributed by atoms with Gasteiger partial charge >= 0.3 is 0 Å². The van der Waals surface area contributed by atoms with E-state index in [4.69, 9.17) is 21.1 Å². The van der Waals surface area contributed by atoms with Gasteiger partial charge in [-0.3, -0.25) is 9.69 Å². The summed E-state index contributed by atoms with van der Waals surface area (Å²) in [5, 5.41) is 6.55. The summed E-state index contributed by atoms with van der Waals surface area (Å²) in [5.74, 6) is 1.35. The largest absolute Gasteiger partial charge is 0.493 e. The second kappa shape index (κ2) is 14.5. The first kappa shape index (κ1) is 28.4. The minimum Gasteiger partial charge on any atom is -0.493 e. The Balaban J connectivity index is 1.37. The van der Waals surface area contributed by atoms with Crippen molar-refractivity contribution in [3.63, 3.8) is 0 Å². The Hall–Kier alpha value is -2.65. The third kappa shape index (κ3) is 8.43. The average Bonchev–Trinajstić information content (AvgIpc) is 3.42. The quantitative estimate of drug-likeness (QED) is 0.309. The van der Waals surface area contributed by atoms with Crippen molar-refractivity contribution in [2.45, 2.75) is 38.8 Å². The molecule has 1 saturated heterocycles. The molecule has 1 amide bonds. The third-order valence-electron chi connectivity index (χ3n) is 6.79. The maximum Gasteiger partial charge on any atom is 0.270 e. The van der Waals surface area contributed by atoms with E-state index in [0.29, 0.717) is 18.8 Å². The highest BCUT2D eigenvalue weighted by Gasteiger charge is 2.16. The standard InChI is InChI=1S/C29H37ClN4O3S/c1-36-26-11-8-22(18-27(26)37-2)12-16-34(19-23-6-9-24(30)10-7-23)20-28-32-25(21-38-28)29(35)31-13-17-33-14-4-3-5-15-33/h6-11,18,21H,3-5,12-17,19-20H2,1-2H3,(H,31,35). The lowest BCUT2D eigenvalue weighted by Crippen LogP contribution is -2.37. The monoisotopic (exact) mass is 556 g/mol. The van der Waals surface area contributed by atoms with E-state index in [2.05, 4.69) is 38.3 Å². The lowest BCUT2D eigenvalue weighted by Gasteiger charge is -2.26. The summed E-state index contributed by atoms with van der Waals surface area (Å²) in [4.78, 5) is 22.1. The first-order valence-corrected chi connectivity index (χ1v) is 14.4. The Morgan fingerprint density at radius 1 is 1.03 bits per heavy atom. The SMILES string of the molecule is COc1ccc(CCN(Cc2ccc(Cl)cc2)Cc2nc(C(=O)NCCN3CCCCC3)cs2)cc1OC. The van der Waals surface area contributed by atoms with Crippen molar-refractivity contribution >= 4 is 28.8 Å². The number of aromatic nitrogens is 1. The molecule has 0 atom stereocenters. The first-order valence-electron chi connectivity index (χ1n) is 13.2. The zero-order valence-corrected chi connectivity index (χ0v) is 23.8. The van der Waals surface area contributed by atoms with Gasteiger partial charge in [-0.2, -0.15) is 0 Å². The summed E-state index contributed by atoms with van der Waals surface area (Å²) in [6.45, 7) is 6.03. The fraction of sp³-hybridized carbons (Fsp3) is 0.448. The van der Waals surface area contributed by atoms with Gasteiger partial charge in [-0.25, -0.2) is 4.98 Å². The van der Waals surface area contributed by atoms with Crippen LogP contribution in [0, 0.1) is 0 Å². The molecule has 0 aliphatic carbocycles. The van der Waals surface area contributed by atoms with Gasteiger partial charge in [-0.05, 0) is 67.7 Å². The molecule has 0 bridgehead atoms. The number of benzene rings is 2. The number of ether oxygens (including phenoxy) is 2. The maximum absolute atomic E-state index is 12.7. The molecule has 9 heteroatoms. The van der Waals surface area contributed by atoms with E-state index in [9.17, 15) is 4.79 Å². The van der Waals surface area contributed by atoms with E-state index in [1.807, 2.05) is 29.6 Å². The van der Waals surface area contributed by atoms with Crippen LogP contribution in [0.4, 0.5) is 0 Å². The van der Waals surface area contributed by atoms with Crippen LogP contribution in [-0.2, 0) is 19.5 Å². The Morgan fingerprint density at radius 3 is 2.50 bits per heavy atom. The van der Waals surface area contributed by atoms with Crippen LogP contribution >= 0.6 is 22.9 Å². The van der Waals surface area contributed by atoms with Crippen LogP contribution < -0.4 is 14.8 Å². The van der Waals surface area contributed by atoms with Gasteiger partial charge in [0.05, 0.1) is 20.8 Å². The molecular weight excluding hydrogens is 520 g/mol. The number of thiazole rings is 1. The normalized spacial score (nSPS) is 14.0. The fourth-order valence-electron chi connectivity index (χ4n) is 4.67. The van der Waals surface area contributed by atoms with Gasteiger partial charge in [0.25, 0.3) is 5.91 Å². The van der Waals surface area contributed by atoms with Crippen LogP contribution in [0.15, 0.2) is 47.8 Å². The van der Waals surface area contributed by atoms with Gasteiger partial charge in [0.15, 0.2) is 11.5 Å². The van der Waals surface area contributed by atoms with Crippen LogP contribution in [0.5, 0.6) is 11.5 Å². The number of halogens is 1. The highest BCUT2D eigenvalue weighted by Crippen LogP contribution is 2.28. The van der Waals surface area contributed by atoms with Gasteiger partial charge in [0.2, 0.25) is 0 Å². The van der Waals surface area contributed by atoms with Crippen molar-refractivity contribution < 1.29 is 14.3 Å². The predicted molar refractivity (Wildman–Crippen MR) is 154 cm³/mol. The zero-order chi connectivity index (χ0) is 26.7. The Morgan fingerprint density at radius 2 is 1.76 bits per heavy atom. The Labute approximate surface area is 234 Å². The van der Waals surface area contributed by atoms with Gasteiger partial charge in [-0.15, -0.1) is 11.3 Å². The molecule has 0 spiro atoms. The Bertz CT molecular complexity index is 1160. The van der Waals surface area contributed by atoms with Crippen molar-refractivity contribution in [2.75, 3.05) is 46.9 Å². The van der Waals surface area contributed by atoms with Crippen molar-refractivity contribution in [1.29, 1.82) is 0 Å². The number of hydrogen-bond donors (Lipinski definition) is 1. The molecule has 204 valence electrons. The summed E-state index contributed by atoms with van der Waals surface area (Å²) in [6, 6.07) is 14.0. The van der Waals surface area contributed by atoms with E-state index < -0.39 is 0 Å². The summed E-state index contributed by atoms with van der Waals surface area (Å²) >= 11 is 7.63. The number of nitrogens with zero attached hydrogens (tertiary/aromatic N) is 3. The number of methoxy groups -OCH3 is 2. The van der Waals surface area contributed by atoms with Gasteiger partial charge in [0, 0.05) is 36.6 Å². The van der Waals surface area contributed by atoms with Crippen molar-refractivity contribution in [2.24, 2.45) is 0 Å². The predicted octanol–water partition coefficient (Wildman–Crippen LogP) is 5.27. The molecule has 1 aliphatic rings. The molecule has 0 unspecified atom stereocenters. The first-order chi connectivity index (χ1) is 18.5. The van der Waals surface area contributed by atoms with E-state index in [-0.39, 0.29) is 5.91 Å². The van der Waals surface area contributed by atoms with Crippen molar-refractivity contribution in [1.82, 2.24) is 20.1 Å². The molecule has 0 saturated carbocycles. The minimum atomic E-state index is -0.0981. The van der Waals surface area contributed by atoms with Gasteiger partial charge in [0.1, 0.15) is 10.7 Å². The number of carbonyl (C=O) groups is 1. The smallest absolute Gasteiger partial charge is 0.270 e. The topological polar surface area (TPSA) is 66.9 Å². The summed E-state index contributed by atoms with van der Waals surface area (Å²) in [5.41, 5.74) is 2.83. The van der Waals surface area contributed by atoms with Crippen LogP contribution in [0.25, 0.3) is 0 Å². The molecule has 3 aromatic rings. The second-order valence-electron chi connectivity index (χ2n) is 9.56. The zero-order valence-electron chi connectivity index (χ0n) is 22.2. The Kier molecular flexibility index (Phi) is 10.8. The van der Waals surface area contributed by atoms with E-state index >= 15 is 0 Å². The molecule has 1 aromatic heterocycles. The van der Waals surface area contributed by atoms with Crippen LogP contribution in [0.2, 0.25) is 5.02 Å². The number of likely N-dealkylation sites (tertiary alicyclic amines) is 1. The average molecular weight is 557 g/mol. The number of nitrogens with one attached hydrogen (secondary N) is 1. The molecule has 0 radical (unpaired) electrons. The summed E-state index contributed by atoms with van der Waals surface area (Å²) < 4.78 is 10.8. The lowest BCUT2D eigenvalue weighted by atomic mass is 10.1. The van der Waals surface area contributed by atoms with Crippen LogP contribution in [-0.4, -0.2) is 67.6 Å². The number of carbonyl (C=O) groups excluding carboxylic acids is 1. The lowest BCUT2D eigenvalue weighted by molar-refractivity contribution is 0.0942. The molecule has 4 rings (SSSR count).